The maximum atomic E-state index is 14.0. The second-order valence-corrected chi connectivity index (χ2v) is 12.5. The molecule has 3 aromatic rings. The topological polar surface area (TPSA) is 147 Å². The zero-order valence-electron chi connectivity index (χ0n) is 25.0. The number of hydrogen-bond acceptors (Lipinski definition) is 5. The third kappa shape index (κ3) is 6.75. The first kappa shape index (κ1) is 30.6. The normalized spacial score (nSPS) is 16.0. The van der Waals surface area contributed by atoms with Crippen LogP contribution in [0.1, 0.15) is 58.6 Å². The van der Waals surface area contributed by atoms with E-state index in [1.54, 1.807) is 39.5 Å². The number of carbonyl (C=O) groups is 4. The molecule has 0 aliphatic carbocycles. The third-order valence-corrected chi connectivity index (χ3v) is 7.81. The third-order valence-electron chi connectivity index (χ3n) is 7.81. The number of amides is 4. The van der Waals surface area contributed by atoms with Crippen molar-refractivity contribution in [2.24, 2.45) is 5.73 Å². The Morgan fingerprint density at radius 1 is 0.976 bits per heavy atom. The molecule has 0 radical (unpaired) electrons. The van der Waals surface area contributed by atoms with E-state index in [1.807, 2.05) is 60.8 Å². The molecule has 0 spiro atoms. The van der Waals surface area contributed by atoms with Gasteiger partial charge < -0.3 is 31.0 Å². The van der Waals surface area contributed by atoms with Gasteiger partial charge >= 0.3 is 6.09 Å². The van der Waals surface area contributed by atoms with E-state index >= 15 is 0 Å². The highest BCUT2D eigenvalue weighted by atomic mass is 16.6. The Hall–Kier alpha value is -4.34. The molecule has 0 saturated carbocycles. The summed E-state index contributed by atoms with van der Waals surface area (Å²) in [6.07, 6.45) is 2.08. The van der Waals surface area contributed by atoms with Gasteiger partial charge in [-0.05, 0) is 64.7 Å². The van der Waals surface area contributed by atoms with Crippen LogP contribution in [0.3, 0.4) is 0 Å². The van der Waals surface area contributed by atoms with Crippen LogP contribution in [0.2, 0.25) is 0 Å². The molecule has 1 fully saturated rings. The Kier molecular flexibility index (Phi) is 8.65. The predicted octanol–water partition coefficient (Wildman–Crippen LogP) is 3.54. The number of alkyl carbamates (subject to hydrolysis) is 1. The molecule has 42 heavy (non-hydrogen) atoms. The predicted molar refractivity (Wildman–Crippen MR) is 161 cm³/mol. The lowest BCUT2D eigenvalue weighted by molar-refractivity contribution is -0.140. The van der Waals surface area contributed by atoms with Crippen molar-refractivity contribution in [1.29, 1.82) is 0 Å². The van der Waals surface area contributed by atoms with Gasteiger partial charge in [-0.25, -0.2) is 4.79 Å². The van der Waals surface area contributed by atoms with Crippen molar-refractivity contribution in [2.75, 3.05) is 13.1 Å². The summed E-state index contributed by atoms with van der Waals surface area (Å²) in [5, 5.41) is 6.46. The van der Waals surface area contributed by atoms with Crippen LogP contribution in [0, 0.1) is 0 Å². The van der Waals surface area contributed by atoms with E-state index in [9.17, 15) is 19.2 Å². The summed E-state index contributed by atoms with van der Waals surface area (Å²) in [5.41, 5.74) is 5.56. The van der Waals surface area contributed by atoms with Gasteiger partial charge in [-0.1, -0.05) is 48.5 Å². The first-order valence-electron chi connectivity index (χ1n) is 14.2. The van der Waals surface area contributed by atoms with Crippen LogP contribution in [0.15, 0.2) is 60.8 Å². The SMILES string of the molecule is CC(C)(C)OC(=O)NC(C)(C)C(=O)N[C@H](Cc1c[nH]c2ccccc12)C(=O)N1CCC(C(N)=O)(c2ccccc2)CC1. The molecule has 1 saturated heterocycles. The number of benzene rings is 2. The number of rotatable bonds is 8. The van der Waals surface area contributed by atoms with E-state index in [0.29, 0.717) is 25.9 Å². The van der Waals surface area contributed by atoms with E-state index in [0.717, 1.165) is 22.0 Å². The summed E-state index contributed by atoms with van der Waals surface area (Å²) < 4.78 is 5.33. The highest BCUT2D eigenvalue weighted by Crippen LogP contribution is 2.35. The molecule has 10 nitrogen and oxygen atoms in total. The van der Waals surface area contributed by atoms with Crippen LogP contribution in [0.5, 0.6) is 0 Å². The number of ether oxygens (including phenoxy) is 1. The number of H-pyrrole nitrogens is 1. The van der Waals surface area contributed by atoms with Crippen molar-refractivity contribution in [3.8, 4) is 0 Å². The maximum absolute atomic E-state index is 14.0. The van der Waals surface area contributed by atoms with Gasteiger partial charge in [-0.3, -0.25) is 14.4 Å². The lowest BCUT2D eigenvalue weighted by atomic mass is 9.72. The smallest absolute Gasteiger partial charge is 0.408 e. The van der Waals surface area contributed by atoms with Crippen LogP contribution >= 0.6 is 0 Å². The average Bonchev–Trinajstić information content (AvgIpc) is 3.34. The first-order valence-corrected chi connectivity index (χ1v) is 14.2. The van der Waals surface area contributed by atoms with Crippen LogP contribution in [0.4, 0.5) is 4.79 Å². The average molecular weight is 576 g/mol. The number of aromatic nitrogens is 1. The molecule has 2 heterocycles. The number of nitrogens with zero attached hydrogens (tertiary/aromatic N) is 1. The monoisotopic (exact) mass is 575 g/mol. The number of nitrogens with one attached hydrogen (secondary N) is 3. The number of fused-ring (bicyclic) bond motifs is 1. The second-order valence-electron chi connectivity index (χ2n) is 12.5. The molecule has 4 amide bonds. The van der Waals surface area contributed by atoms with E-state index in [1.165, 1.54) is 0 Å². The van der Waals surface area contributed by atoms with Gasteiger partial charge in [-0.15, -0.1) is 0 Å². The first-order chi connectivity index (χ1) is 19.7. The lowest BCUT2D eigenvalue weighted by Crippen LogP contribution is -2.61. The number of hydrogen-bond donors (Lipinski definition) is 4. The molecule has 1 atom stereocenters. The molecule has 4 rings (SSSR count). The fraction of sp³-hybridized carbons (Fsp3) is 0.438. The van der Waals surface area contributed by atoms with Gasteiger partial charge in [0.2, 0.25) is 17.7 Å². The van der Waals surface area contributed by atoms with E-state index < -0.39 is 40.5 Å². The number of likely N-dealkylation sites (tertiary alicyclic amines) is 1. The Bertz CT molecular complexity index is 1450. The zero-order chi connectivity index (χ0) is 30.7. The van der Waals surface area contributed by atoms with Gasteiger partial charge in [0.1, 0.15) is 17.2 Å². The standard InChI is InChI=1S/C32H41N5O5/c1-30(2,3)42-29(41)36-31(4,5)28(40)35-25(19-21-20-34-24-14-10-9-13-23(21)24)26(38)37-17-15-32(16-18-37,27(33)39)22-11-7-6-8-12-22/h6-14,20,25,34H,15-19H2,1-5H3,(H2,33,39)(H,35,40)(H,36,41)/t25-/m1/s1. The minimum Gasteiger partial charge on any atom is -0.444 e. The fourth-order valence-electron chi connectivity index (χ4n) is 5.44. The molecule has 10 heteroatoms. The van der Waals surface area contributed by atoms with Crippen molar-refractivity contribution < 1.29 is 23.9 Å². The summed E-state index contributed by atoms with van der Waals surface area (Å²) in [4.78, 5) is 57.6. The Morgan fingerprint density at radius 2 is 1.60 bits per heavy atom. The van der Waals surface area contributed by atoms with Crippen molar-refractivity contribution in [1.82, 2.24) is 20.5 Å². The second kappa shape index (κ2) is 11.9. The minimum absolute atomic E-state index is 0.229. The van der Waals surface area contributed by atoms with Gasteiger partial charge in [0, 0.05) is 36.6 Å². The molecule has 0 bridgehead atoms. The van der Waals surface area contributed by atoms with Gasteiger partial charge in [0.25, 0.3) is 0 Å². The lowest BCUT2D eigenvalue weighted by Gasteiger charge is -2.41. The number of aromatic amines is 1. The van der Waals surface area contributed by atoms with Crippen molar-refractivity contribution >= 4 is 34.7 Å². The van der Waals surface area contributed by atoms with E-state index in [-0.39, 0.29) is 12.3 Å². The highest BCUT2D eigenvalue weighted by Gasteiger charge is 2.44. The molecule has 1 aliphatic rings. The minimum atomic E-state index is -1.36. The number of piperidine rings is 1. The molecule has 0 unspecified atom stereocenters. The van der Waals surface area contributed by atoms with Crippen molar-refractivity contribution in [2.45, 2.75) is 76.5 Å². The van der Waals surface area contributed by atoms with E-state index in [2.05, 4.69) is 15.6 Å². The van der Waals surface area contributed by atoms with Gasteiger partial charge in [-0.2, -0.15) is 0 Å². The number of nitrogens with two attached hydrogens (primary N) is 1. The number of primary amides is 1. The summed E-state index contributed by atoms with van der Waals surface area (Å²) in [6.45, 7) is 8.92. The molecule has 1 aliphatic heterocycles. The molecule has 224 valence electrons. The largest absolute Gasteiger partial charge is 0.444 e. The van der Waals surface area contributed by atoms with Gasteiger partial charge in [0.05, 0.1) is 5.41 Å². The van der Waals surface area contributed by atoms with Crippen LogP contribution in [0.25, 0.3) is 10.9 Å². The summed E-state index contributed by atoms with van der Waals surface area (Å²) in [6, 6.07) is 16.2. The summed E-state index contributed by atoms with van der Waals surface area (Å²) in [5.74, 6) is -1.22. The number of carbonyl (C=O) groups excluding carboxylic acids is 4. The Balaban J connectivity index is 1.56. The highest BCUT2D eigenvalue weighted by molar-refractivity contribution is 5.94. The molecular formula is C32H41N5O5. The quantitative estimate of drug-likeness (QED) is 0.324. The van der Waals surface area contributed by atoms with Crippen LogP contribution < -0.4 is 16.4 Å². The number of para-hydroxylation sites is 1. The molecular weight excluding hydrogens is 534 g/mol. The summed E-state index contributed by atoms with van der Waals surface area (Å²) >= 11 is 0. The molecule has 1 aromatic heterocycles. The summed E-state index contributed by atoms with van der Waals surface area (Å²) in [7, 11) is 0. The van der Waals surface area contributed by atoms with E-state index in [4.69, 9.17) is 10.5 Å². The maximum Gasteiger partial charge on any atom is 0.408 e. The van der Waals surface area contributed by atoms with Gasteiger partial charge in [0.15, 0.2) is 0 Å². The fourth-order valence-corrected chi connectivity index (χ4v) is 5.44. The molecule has 2 aromatic carbocycles. The Morgan fingerprint density at radius 3 is 2.21 bits per heavy atom. The Labute approximate surface area is 246 Å². The van der Waals surface area contributed by atoms with Crippen LogP contribution in [-0.4, -0.2) is 64.0 Å². The van der Waals surface area contributed by atoms with Crippen molar-refractivity contribution in [3.63, 3.8) is 0 Å². The zero-order valence-corrected chi connectivity index (χ0v) is 25.0. The van der Waals surface area contributed by atoms with Crippen LogP contribution in [-0.2, 0) is 31.0 Å². The van der Waals surface area contributed by atoms with Crippen molar-refractivity contribution in [3.05, 3.63) is 71.9 Å². The molecule has 5 N–H and O–H groups in total.